The lowest BCUT2D eigenvalue weighted by atomic mass is 9.49. The Bertz CT molecular complexity index is 389. The van der Waals surface area contributed by atoms with Gasteiger partial charge in [-0.2, -0.15) is 0 Å². The van der Waals surface area contributed by atoms with Gasteiger partial charge in [0.15, 0.2) is 0 Å². The van der Waals surface area contributed by atoms with E-state index in [1.54, 1.807) is 0 Å². The smallest absolute Gasteiger partial charge is 0.234 e. The minimum Gasteiger partial charge on any atom is -0.368 e. The van der Waals surface area contributed by atoms with Gasteiger partial charge in [-0.1, -0.05) is 0 Å². The summed E-state index contributed by atoms with van der Waals surface area (Å²) in [7, 11) is 0. The van der Waals surface area contributed by atoms with Crippen molar-refractivity contribution in [2.45, 2.75) is 57.2 Å². The highest BCUT2D eigenvalue weighted by Crippen LogP contribution is 2.60. The number of nitrogens with zero attached hydrogens (tertiary/aromatic N) is 1. The van der Waals surface area contributed by atoms with E-state index >= 15 is 0 Å². The van der Waals surface area contributed by atoms with Crippen molar-refractivity contribution in [3.05, 3.63) is 0 Å². The second-order valence-electron chi connectivity index (χ2n) is 8.10. The first kappa shape index (κ1) is 13.1. The molecule has 4 saturated carbocycles. The molecule has 3 nitrogen and oxygen atoms in total. The average Bonchev–Trinajstić information content (AvgIpc) is 2.67. The lowest BCUT2D eigenvalue weighted by Crippen LogP contribution is -2.53. The summed E-state index contributed by atoms with van der Waals surface area (Å²) in [4.78, 5) is 13.6. The van der Waals surface area contributed by atoms with Crippen molar-refractivity contribution in [2.24, 2.45) is 28.9 Å². The molecule has 0 aromatic carbocycles. The molecule has 0 aromatic heterocycles. The van der Waals surface area contributed by atoms with Gasteiger partial charge in [-0.3, -0.25) is 9.69 Å². The molecular weight excluding hydrogens is 255 g/mol. The fourth-order valence-electron chi connectivity index (χ4n) is 6.23. The first-order valence-electron chi connectivity index (χ1n) is 8.20. The highest BCUT2D eigenvalue weighted by atomic mass is 19.1. The molecule has 5 aliphatic rings. The summed E-state index contributed by atoms with van der Waals surface area (Å²) in [5.74, 6) is 2.36. The van der Waals surface area contributed by atoms with Gasteiger partial charge in [0.2, 0.25) is 5.91 Å². The van der Waals surface area contributed by atoms with Crippen molar-refractivity contribution in [3.63, 3.8) is 0 Å². The van der Waals surface area contributed by atoms with Crippen LogP contribution in [0.1, 0.15) is 44.9 Å². The van der Waals surface area contributed by atoms with Crippen LogP contribution >= 0.6 is 0 Å². The van der Waals surface area contributed by atoms with Gasteiger partial charge in [-0.05, 0) is 61.7 Å². The summed E-state index contributed by atoms with van der Waals surface area (Å²) in [6, 6.07) is -0.363. The van der Waals surface area contributed by atoms with Crippen LogP contribution in [-0.4, -0.2) is 36.1 Å². The first-order valence-corrected chi connectivity index (χ1v) is 8.20. The summed E-state index contributed by atoms with van der Waals surface area (Å²) in [6.45, 7) is 1.32. The van der Waals surface area contributed by atoms with E-state index in [0.717, 1.165) is 24.3 Å². The van der Waals surface area contributed by atoms with Crippen molar-refractivity contribution in [3.8, 4) is 0 Å². The van der Waals surface area contributed by atoms with Crippen molar-refractivity contribution >= 4 is 5.91 Å². The van der Waals surface area contributed by atoms with E-state index in [0.29, 0.717) is 18.4 Å². The molecule has 5 fully saturated rings. The number of hydrogen-bond donors (Lipinski definition) is 1. The van der Waals surface area contributed by atoms with Gasteiger partial charge in [0.05, 0.1) is 6.04 Å². The number of primary amides is 1. The Morgan fingerprint density at radius 3 is 2.15 bits per heavy atom. The van der Waals surface area contributed by atoms with E-state index in [2.05, 4.69) is 4.90 Å². The molecule has 1 aliphatic heterocycles. The van der Waals surface area contributed by atoms with Crippen LogP contribution in [0.15, 0.2) is 0 Å². The maximum atomic E-state index is 13.7. The van der Waals surface area contributed by atoms with Crippen LogP contribution in [0.2, 0.25) is 0 Å². The third-order valence-electron chi connectivity index (χ3n) is 6.38. The summed E-state index contributed by atoms with van der Waals surface area (Å²) >= 11 is 0. The molecule has 2 unspecified atom stereocenters. The van der Waals surface area contributed by atoms with Crippen LogP contribution in [0.5, 0.6) is 0 Å². The molecule has 1 saturated heterocycles. The number of carbonyl (C=O) groups is 1. The van der Waals surface area contributed by atoms with Gasteiger partial charge in [-0.15, -0.1) is 0 Å². The molecule has 0 spiro atoms. The van der Waals surface area contributed by atoms with Gasteiger partial charge >= 0.3 is 0 Å². The van der Waals surface area contributed by atoms with E-state index in [9.17, 15) is 9.18 Å². The zero-order valence-corrected chi connectivity index (χ0v) is 12.1. The van der Waals surface area contributed by atoms with Gasteiger partial charge in [-0.25, -0.2) is 4.39 Å². The minimum absolute atomic E-state index is 0.307. The molecule has 112 valence electrons. The molecule has 2 N–H and O–H groups in total. The molecule has 2 atom stereocenters. The van der Waals surface area contributed by atoms with E-state index in [1.165, 1.54) is 38.5 Å². The van der Waals surface area contributed by atoms with E-state index in [1.807, 2.05) is 0 Å². The van der Waals surface area contributed by atoms with Crippen LogP contribution in [-0.2, 0) is 4.79 Å². The summed E-state index contributed by atoms with van der Waals surface area (Å²) in [5.41, 5.74) is 5.84. The third kappa shape index (κ3) is 2.07. The SMILES string of the molecule is NC(=O)C1CC(F)CN1CC12CC3CC(CC(C3)C1)C2. The maximum Gasteiger partial charge on any atom is 0.234 e. The van der Waals surface area contributed by atoms with Crippen molar-refractivity contribution in [1.29, 1.82) is 0 Å². The molecule has 4 bridgehead atoms. The van der Waals surface area contributed by atoms with E-state index in [-0.39, 0.29) is 11.9 Å². The van der Waals surface area contributed by atoms with E-state index in [4.69, 9.17) is 5.73 Å². The highest BCUT2D eigenvalue weighted by molar-refractivity contribution is 5.80. The fraction of sp³-hybridized carbons (Fsp3) is 0.938. The van der Waals surface area contributed by atoms with Gasteiger partial charge in [0.1, 0.15) is 6.17 Å². The molecule has 4 aliphatic carbocycles. The Morgan fingerprint density at radius 2 is 1.65 bits per heavy atom. The third-order valence-corrected chi connectivity index (χ3v) is 6.38. The van der Waals surface area contributed by atoms with E-state index < -0.39 is 6.17 Å². The average molecular weight is 280 g/mol. The standard InChI is InChI=1S/C16H25FN2O/c17-13-4-14(15(18)20)19(8-13)9-16-5-10-1-11(6-16)3-12(2-10)7-16/h10-14H,1-9H2,(H2,18,20). The number of hydrogen-bond acceptors (Lipinski definition) is 2. The van der Waals surface area contributed by atoms with Gasteiger partial charge in [0.25, 0.3) is 0 Å². The molecule has 1 heterocycles. The molecule has 20 heavy (non-hydrogen) atoms. The lowest BCUT2D eigenvalue weighted by molar-refractivity contribution is -0.124. The van der Waals surface area contributed by atoms with Crippen molar-refractivity contribution in [1.82, 2.24) is 4.90 Å². The van der Waals surface area contributed by atoms with Crippen molar-refractivity contribution in [2.75, 3.05) is 13.1 Å². The zero-order valence-electron chi connectivity index (χ0n) is 12.1. The number of alkyl halides is 1. The molecule has 1 amide bonds. The van der Waals surface area contributed by atoms with Crippen molar-refractivity contribution < 1.29 is 9.18 Å². The number of nitrogens with two attached hydrogens (primary N) is 1. The Morgan fingerprint density at radius 1 is 1.10 bits per heavy atom. The Kier molecular flexibility index (Phi) is 2.89. The Labute approximate surface area is 120 Å². The quantitative estimate of drug-likeness (QED) is 0.860. The molecule has 5 rings (SSSR count). The van der Waals surface area contributed by atoms with Gasteiger partial charge in [0, 0.05) is 19.5 Å². The predicted molar refractivity (Wildman–Crippen MR) is 74.7 cm³/mol. The number of rotatable bonds is 3. The van der Waals surface area contributed by atoms with Crippen LogP contribution < -0.4 is 5.73 Å². The van der Waals surface area contributed by atoms with Gasteiger partial charge < -0.3 is 5.73 Å². The molecule has 4 heteroatoms. The fourth-order valence-corrected chi connectivity index (χ4v) is 6.23. The Hall–Kier alpha value is -0.640. The summed E-state index contributed by atoms with van der Waals surface area (Å²) in [5, 5.41) is 0. The maximum absolute atomic E-state index is 13.7. The topological polar surface area (TPSA) is 46.3 Å². The second-order valence-corrected chi connectivity index (χ2v) is 8.10. The summed E-state index contributed by atoms with van der Waals surface area (Å²) in [6.07, 6.45) is 7.61. The second kappa shape index (κ2) is 4.43. The van der Waals surface area contributed by atoms with Crippen LogP contribution in [0.25, 0.3) is 0 Å². The monoisotopic (exact) mass is 280 g/mol. The van der Waals surface area contributed by atoms with Crippen LogP contribution in [0.3, 0.4) is 0 Å². The number of carbonyl (C=O) groups excluding carboxylic acids is 1. The predicted octanol–water partition coefficient (Wildman–Crippen LogP) is 2.10. The number of halogens is 1. The molecule has 0 aromatic rings. The lowest BCUT2D eigenvalue weighted by Gasteiger charge is -2.58. The first-order chi connectivity index (χ1) is 9.53. The normalized spacial score (nSPS) is 50.8. The summed E-state index contributed by atoms with van der Waals surface area (Å²) < 4.78 is 13.7. The molecule has 0 radical (unpaired) electrons. The number of amides is 1. The largest absolute Gasteiger partial charge is 0.368 e. The van der Waals surface area contributed by atoms with Crippen LogP contribution in [0, 0.1) is 23.2 Å². The molecular formula is C16H25FN2O. The minimum atomic E-state index is -0.874. The Balaban J connectivity index is 1.52. The highest BCUT2D eigenvalue weighted by Gasteiger charge is 2.52. The zero-order chi connectivity index (χ0) is 13.9. The van der Waals surface area contributed by atoms with Crippen LogP contribution in [0.4, 0.5) is 4.39 Å². The number of likely N-dealkylation sites (tertiary alicyclic amines) is 1.